The number of amides is 1. The van der Waals surface area contributed by atoms with E-state index in [1.165, 1.54) is 5.56 Å². The molecule has 0 spiro atoms. The quantitative estimate of drug-likeness (QED) is 0.544. The normalized spacial score (nSPS) is 20.2. The molecule has 2 aromatic rings. The molecule has 1 saturated carbocycles. The topological polar surface area (TPSA) is 72.8 Å². The molecule has 2 aliphatic rings. The molecule has 1 saturated heterocycles. The molecular weight excluding hydrogens is 430 g/mol. The molecule has 7 heteroatoms. The first kappa shape index (κ1) is 24.5. The van der Waals surface area contributed by atoms with Crippen LogP contribution < -0.4 is 15.6 Å². The van der Waals surface area contributed by atoms with Crippen LogP contribution in [0.4, 0.5) is 0 Å². The SMILES string of the molecule is COCCCc1cc(CN(C(=O)[C@H]2CNCCC2c2ccn(C)c(=O)c2)C2CC2)cc(OC)c1. The fourth-order valence-electron chi connectivity index (χ4n) is 5.00. The lowest BCUT2D eigenvalue weighted by Gasteiger charge is -2.36. The third-order valence-electron chi connectivity index (χ3n) is 7.06. The first-order chi connectivity index (χ1) is 16.5. The Bertz CT molecular complexity index is 1050. The lowest BCUT2D eigenvalue weighted by Crippen LogP contribution is -2.47. The summed E-state index contributed by atoms with van der Waals surface area (Å²) < 4.78 is 12.3. The van der Waals surface area contributed by atoms with Crippen molar-refractivity contribution < 1.29 is 14.3 Å². The third-order valence-corrected chi connectivity index (χ3v) is 7.06. The Balaban J connectivity index is 1.56. The second-order valence-electron chi connectivity index (χ2n) is 9.60. The molecule has 1 aromatic heterocycles. The number of pyridine rings is 1. The van der Waals surface area contributed by atoms with E-state index in [-0.39, 0.29) is 23.3 Å². The van der Waals surface area contributed by atoms with Gasteiger partial charge in [0, 0.05) is 52.2 Å². The molecule has 2 fully saturated rings. The smallest absolute Gasteiger partial charge is 0.250 e. The Hall–Kier alpha value is -2.64. The number of nitrogens with zero attached hydrogens (tertiary/aromatic N) is 2. The lowest BCUT2D eigenvalue weighted by molar-refractivity contribution is -0.138. The fraction of sp³-hybridized carbons (Fsp3) is 0.556. The lowest BCUT2D eigenvalue weighted by atomic mass is 9.80. The molecule has 1 unspecified atom stereocenters. The second-order valence-corrected chi connectivity index (χ2v) is 9.60. The molecule has 1 amide bonds. The van der Waals surface area contributed by atoms with Gasteiger partial charge in [-0.2, -0.15) is 0 Å². The van der Waals surface area contributed by atoms with Gasteiger partial charge in [-0.1, -0.05) is 6.07 Å². The molecule has 184 valence electrons. The summed E-state index contributed by atoms with van der Waals surface area (Å²) in [5.41, 5.74) is 3.24. The number of aryl methyl sites for hydroxylation is 2. The number of piperidine rings is 1. The number of rotatable bonds is 10. The first-order valence-corrected chi connectivity index (χ1v) is 12.3. The van der Waals surface area contributed by atoms with Crippen LogP contribution in [0.5, 0.6) is 5.75 Å². The summed E-state index contributed by atoms with van der Waals surface area (Å²) in [6.45, 7) is 2.80. The Labute approximate surface area is 202 Å². The van der Waals surface area contributed by atoms with Gasteiger partial charge < -0.3 is 24.3 Å². The van der Waals surface area contributed by atoms with E-state index in [1.54, 1.807) is 38.1 Å². The second kappa shape index (κ2) is 11.2. The van der Waals surface area contributed by atoms with Crippen LogP contribution in [0.2, 0.25) is 0 Å². The van der Waals surface area contributed by atoms with E-state index < -0.39 is 0 Å². The Morgan fingerprint density at radius 2 is 1.94 bits per heavy atom. The fourth-order valence-corrected chi connectivity index (χ4v) is 5.00. The zero-order valence-corrected chi connectivity index (χ0v) is 20.6. The summed E-state index contributed by atoms with van der Waals surface area (Å²) in [4.78, 5) is 28.3. The van der Waals surface area contributed by atoms with Gasteiger partial charge in [0.05, 0.1) is 13.0 Å². The minimum absolute atomic E-state index is 0.0290. The average Bonchev–Trinajstić information content (AvgIpc) is 3.69. The Morgan fingerprint density at radius 1 is 1.15 bits per heavy atom. The van der Waals surface area contributed by atoms with Gasteiger partial charge in [0.2, 0.25) is 5.91 Å². The molecule has 4 rings (SSSR count). The number of ether oxygens (including phenoxy) is 2. The summed E-state index contributed by atoms with van der Waals surface area (Å²) in [6, 6.07) is 10.3. The average molecular weight is 468 g/mol. The molecular formula is C27H37N3O4. The molecule has 1 aromatic carbocycles. The van der Waals surface area contributed by atoms with E-state index >= 15 is 0 Å². The molecule has 0 bridgehead atoms. The molecule has 2 atom stereocenters. The van der Waals surface area contributed by atoms with Crippen molar-refractivity contribution >= 4 is 5.91 Å². The molecule has 2 heterocycles. The van der Waals surface area contributed by atoms with Gasteiger partial charge in [0.15, 0.2) is 0 Å². The highest BCUT2D eigenvalue weighted by Gasteiger charge is 2.40. The maximum Gasteiger partial charge on any atom is 0.250 e. The summed E-state index contributed by atoms with van der Waals surface area (Å²) in [5, 5.41) is 3.41. The summed E-state index contributed by atoms with van der Waals surface area (Å²) >= 11 is 0. The molecule has 1 N–H and O–H groups in total. The van der Waals surface area contributed by atoms with E-state index in [2.05, 4.69) is 22.3 Å². The summed E-state index contributed by atoms with van der Waals surface area (Å²) in [6.07, 6.45) is 6.61. The number of carbonyl (C=O) groups excluding carboxylic acids is 1. The van der Waals surface area contributed by atoms with Gasteiger partial charge in [-0.25, -0.2) is 0 Å². The zero-order chi connectivity index (χ0) is 24.1. The molecule has 34 heavy (non-hydrogen) atoms. The van der Waals surface area contributed by atoms with E-state index in [0.717, 1.165) is 62.1 Å². The zero-order valence-electron chi connectivity index (χ0n) is 20.6. The molecule has 7 nitrogen and oxygen atoms in total. The van der Waals surface area contributed by atoms with Gasteiger partial charge in [0.1, 0.15) is 5.75 Å². The minimum Gasteiger partial charge on any atom is -0.497 e. The third kappa shape index (κ3) is 5.88. The predicted octanol–water partition coefficient (Wildman–Crippen LogP) is 2.86. The molecule has 1 aliphatic heterocycles. The van der Waals surface area contributed by atoms with Crippen LogP contribution in [0.15, 0.2) is 41.3 Å². The van der Waals surface area contributed by atoms with E-state index in [4.69, 9.17) is 9.47 Å². The van der Waals surface area contributed by atoms with Crippen LogP contribution in [0.25, 0.3) is 0 Å². The summed E-state index contributed by atoms with van der Waals surface area (Å²) in [5.74, 6) is 0.890. The number of benzene rings is 1. The summed E-state index contributed by atoms with van der Waals surface area (Å²) in [7, 11) is 5.16. The Kier molecular flexibility index (Phi) is 8.06. The van der Waals surface area contributed by atoms with Crippen molar-refractivity contribution in [3.05, 3.63) is 63.6 Å². The van der Waals surface area contributed by atoms with Crippen LogP contribution in [-0.4, -0.2) is 55.3 Å². The number of hydrogen-bond acceptors (Lipinski definition) is 5. The highest BCUT2D eigenvalue weighted by molar-refractivity contribution is 5.81. The van der Waals surface area contributed by atoms with Crippen LogP contribution in [0.1, 0.15) is 48.3 Å². The van der Waals surface area contributed by atoms with Gasteiger partial charge in [-0.05, 0) is 79.5 Å². The number of aromatic nitrogens is 1. The van der Waals surface area contributed by atoms with Gasteiger partial charge in [-0.3, -0.25) is 9.59 Å². The largest absolute Gasteiger partial charge is 0.497 e. The van der Waals surface area contributed by atoms with Crippen LogP contribution in [0, 0.1) is 5.92 Å². The molecule has 0 radical (unpaired) electrons. The van der Waals surface area contributed by atoms with Crippen molar-refractivity contribution in [1.29, 1.82) is 0 Å². The van der Waals surface area contributed by atoms with Gasteiger partial charge in [0.25, 0.3) is 5.56 Å². The van der Waals surface area contributed by atoms with Gasteiger partial charge in [-0.15, -0.1) is 0 Å². The van der Waals surface area contributed by atoms with Crippen LogP contribution >= 0.6 is 0 Å². The highest BCUT2D eigenvalue weighted by Crippen LogP contribution is 2.36. The maximum atomic E-state index is 13.9. The van der Waals surface area contributed by atoms with Gasteiger partial charge >= 0.3 is 0 Å². The number of methoxy groups -OCH3 is 2. The monoisotopic (exact) mass is 467 g/mol. The van der Waals surface area contributed by atoms with E-state index in [1.807, 2.05) is 12.1 Å². The minimum atomic E-state index is -0.173. The van der Waals surface area contributed by atoms with Crippen molar-refractivity contribution in [2.75, 3.05) is 33.9 Å². The van der Waals surface area contributed by atoms with E-state index in [0.29, 0.717) is 19.1 Å². The number of hydrogen-bond donors (Lipinski definition) is 1. The van der Waals surface area contributed by atoms with E-state index in [9.17, 15) is 9.59 Å². The number of nitrogens with one attached hydrogen (secondary N) is 1. The Morgan fingerprint density at radius 3 is 2.65 bits per heavy atom. The van der Waals surface area contributed by atoms with Crippen LogP contribution in [0.3, 0.4) is 0 Å². The van der Waals surface area contributed by atoms with Crippen molar-refractivity contribution in [3.63, 3.8) is 0 Å². The predicted molar refractivity (Wildman–Crippen MR) is 132 cm³/mol. The highest BCUT2D eigenvalue weighted by atomic mass is 16.5. The van der Waals surface area contributed by atoms with Crippen molar-refractivity contribution in [2.24, 2.45) is 13.0 Å². The first-order valence-electron chi connectivity index (χ1n) is 12.3. The maximum absolute atomic E-state index is 13.9. The van der Waals surface area contributed by atoms with Crippen molar-refractivity contribution in [2.45, 2.75) is 50.6 Å². The van der Waals surface area contributed by atoms with Crippen LogP contribution in [-0.2, 0) is 29.5 Å². The van der Waals surface area contributed by atoms with Crippen molar-refractivity contribution in [1.82, 2.24) is 14.8 Å². The molecule has 1 aliphatic carbocycles. The number of carbonyl (C=O) groups is 1. The standard InChI is InChI=1S/C27H37N3O4/c1-29-11-9-21(16-26(29)31)24-8-10-28-17-25(24)27(32)30(22-6-7-22)18-20-13-19(5-4-12-33-2)14-23(15-20)34-3/h9,11,13-16,22,24-25,28H,4-8,10,12,17-18H2,1-3H3/t24?,25-/m0/s1. The van der Waals surface area contributed by atoms with Crippen molar-refractivity contribution in [3.8, 4) is 5.75 Å².